The average Bonchev–Trinajstić information content (AvgIpc) is 2.46. The van der Waals surface area contributed by atoms with Gasteiger partial charge in [0.05, 0.1) is 25.3 Å². The van der Waals surface area contributed by atoms with Gasteiger partial charge >= 0.3 is 6.03 Å². The standard InChI is InChI=1S/C17H23BrN2O2/c1-12-11-22-10-9-20(12)17(21)19-16(13-3-2-4-13)14-5-7-15(18)8-6-14/h5-8,12-13,16H,2-4,9-11H2,1H3,(H,19,21)/t12-,16+/m0/s1. The van der Waals surface area contributed by atoms with E-state index in [1.807, 2.05) is 24.0 Å². The van der Waals surface area contributed by atoms with Gasteiger partial charge < -0.3 is 15.0 Å². The van der Waals surface area contributed by atoms with Crippen molar-refractivity contribution in [2.45, 2.75) is 38.3 Å². The van der Waals surface area contributed by atoms with E-state index in [0.29, 0.717) is 25.7 Å². The molecule has 4 nitrogen and oxygen atoms in total. The maximum absolute atomic E-state index is 12.7. The minimum atomic E-state index is 0.0376. The molecular weight excluding hydrogens is 344 g/mol. The van der Waals surface area contributed by atoms with E-state index in [2.05, 4.69) is 33.4 Å². The third-order valence-corrected chi connectivity index (χ3v) is 5.29. The van der Waals surface area contributed by atoms with Crippen molar-refractivity contribution in [1.82, 2.24) is 10.2 Å². The maximum Gasteiger partial charge on any atom is 0.318 e. The Bertz CT molecular complexity index is 516. The molecule has 1 aliphatic carbocycles. The molecule has 1 aromatic carbocycles. The number of amides is 2. The van der Waals surface area contributed by atoms with Crippen LogP contribution in [0.1, 0.15) is 37.8 Å². The van der Waals surface area contributed by atoms with E-state index in [0.717, 1.165) is 4.47 Å². The van der Waals surface area contributed by atoms with Crippen LogP contribution in [0.5, 0.6) is 0 Å². The number of urea groups is 1. The van der Waals surface area contributed by atoms with Gasteiger partial charge in [0.1, 0.15) is 0 Å². The van der Waals surface area contributed by atoms with Gasteiger partial charge in [0, 0.05) is 11.0 Å². The van der Waals surface area contributed by atoms with Crippen LogP contribution in [0.15, 0.2) is 28.7 Å². The van der Waals surface area contributed by atoms with Crippen LogP contribution >= 0.6 is 15.9 Å². The van der Waals surface area contributed by atoms with Crippen LogP contribution in [-0.4, -0.2) is 36.7 Å². The largest absolute Gasteiger partial charge is 0.377 e. The fourth-order valence-corrected chi connectivity index (χ4v) is 3.43. The molecule has 22 heavy (non-hydrogen) atoms. The lowest BCUT2D eigenvalue weighted by Gasteiger charge is -2.38. The Labute approximate surface area is 140 Å². The Balaban J connectivity index is 1.72. The summed E-state index contributed by atoms with van der Waals surface area (Å²) in [5.41, 5.74) is 1.20. The van der Waals surface area contributed by atoms with Gasteiger partial charge in [0.25, 0.3) is 0 Å². The van der Waals surface area contributed by atoms with Gasteiger partial charge in [0.15, 0.2) is 0 Å². The number of benzene rings is 1. The van der Waals surface area contributed by atoms with Gasteiger partial charge in [-0.3, -0.25) is 0 Å². The Morgan fingerprint density at radius 2 is 2.09 bits per heavy atom. The van der Waals surface area contributed by atoms with Crippen molar-refractivity contribution in [3.05, 3.63) is 34.3 Å². The third-order valence-electron chi connectivity index (χ3n) is 4.76. The number of morpholine rings is 1. The second-order valence-corrected chi connectivity index (χ2v) is 7.20. The molecule has 0 radical (unpaired) electrons. The molecule has 1 heterocycles. The van der Waals surface area contributed by atoms with E-state index in [-0.39, 0.29) is 18.1 Å². The van der Waals surface area contributed by atoms with Gasteiger partial charge in [-0.1, -0.05) is 34.5 Å². The molecule has 1 N–H and O–H groups in total. The third kappa shape index (κ3) is 3.46. The topological polar surface area (TPSA) is 41.6 Å². The van der Waals surface area contributed by atoms with Gasteiger partial charge in [-0.2, -0.15) is 0 Å². The van der Waals surface area contributed by atoms with Gasteiger partial charge in [-0.05, 0) is 43.4 Å². The van der Waals surface area contributed by atoms with Crippen LogP contribution in [0.4, 0.5) is 4.79 Å². The number of carbonyl (C=O) groups excluding carboxylic acids is 1. The molecule has 0 aromatic heterocycles. The lowest BCUT2D eigenvalue weighted by molar-refractivity contribution is 0.0174. The van der Waals surface area contributed by atoms with Crippen molar-refractivity contribution >= 4 is 22.0 Å². The highest BCUT2D eigenvalue weighted by Gasteiger charge is 2.32. The summed E-state index contributed by atoms with van der Waals surface area (Å²) in [7, 11) is 0. The van der Waals surface area contributed by atoms with E-state index in [1.54, 1.807) is 0 Å². The summed E-state index contributed by atoms with van der Waals surface area (Å²) in [6.45, 7) is 3.96. The van der Waals surface area contributed by atoms with Gasteiger partial charge in [-0.15, -0.1) is 0 Å². The summed E-state index contributed by atoms with van der Waals surface area (Å²) in [5.74, 6) is 0.557. The number of halogens is 1. The first-order chi connectivity index (χ1) is 10.6. The molecule has 5 heteroatoms. The molecule has 1 saturated heterocycles. The fraction of sp³-hybridized carbons (Fsp3) is 0.588. The first-order valence-corrected chi connectivity index (χ1v) is 8.85. The Kier molecular flexibility index (Phi) is 5.03. The van der Waals surface area contributed by atoms with Crippen LogP contribution in [-0.2, 0) is 4.74 Å². The van der Waals surface area contributed by atoms with Crippen LogP contribution in [0, 0.1) is 5.92 Å². The summed E-state index contributed by atoms with van der Waals surface area (Å²) >= 11 is 3.47. The second-order valence-electron chi connectivity index (χ2n) is 6.29. The van der Waals surface area contributed by atoms with E-state index >= 15 is 0 Å². The zero-order valence-corrected chi connectivity index (χ0v) is 14.5. The summed E-state index contributed by atoms with van der Waals surface area (Å²) in [6.07, 6.45) is 3.65. The number of hydrogen-bond donors (Lipinski definition) is 1. The molecule has 1 aromatic rings. The maximum atomic E-state index is 12.7. The average molecular weight is 367 g/mol. The highest BCUT2D eigenvalue weighted by molar-refractivity contribution is 9.10. The lowest BCUT2D eigenvalue weighted by Crippen LogP contribution is -2.52. The van der Waals surface area contributed by atoms with Crippen molar-refractivity contribution in [2.75, 3.05) is 19.8 Å². The predicted octanol–water partition coefficient (Wildman–Crippen LogP) is 3.72. The normalized spacial score (nSPS) is 23.7. The van der Waals surface area contributed by atoms with E-state index < -0.39 is 0 Å². The van der Waals surface area contributed by atoms with Gasteiger partial charge in [0.2, 0.25) is 0 Å². The molecule has 0 bridgehead atoms. The second kappa shape index (κ2) is 7.01. The number of nitrogens with one attached hydrogen (secondary N) is 1. The summed E-state index contributed by atoms with van der Waals surface area (Å²) in [6, 6.07) is 8.60. The van der Waals surface area contributed by atoms with E-state index in [1.165, 1.54) is 24.8 Å². The monoisotopic (exact) mass is 366 g/mol. The molecule has 2 fully saturated rings. The highest BCUT2D eigenvalue weighted by atomic mass is 79.9. The molecular formula is C17H23BrN2O2. The predicted molar refractivity (Wildman–Crippen MR) is 89.7 cm³/mol. The molecule has 2 atom stereocenters. The molecule has 0 spiro atoms. The minimum Gasteiger partial charge on any atom is -0.377 e. The Hall–Kier alpha value is -1.07. The van der Waals surface area contributed by atoms with Crippen LogP contribution in [0.2, 0.25) is 0 Å². The van der Waals surface area contributed by atoms with Gasteiger partial charge in [-0.25, -0.2) is 4.79 Å². The van der Waals surface area contributed by atoms with E-state index in [4.69, 9.17) is 4.74 Å². The van der Waals surface area contributed by atoms with Crippen molar-refractivity contribution < 1.29 is 9.53 Å². The molecule has 2 aliphatic rings. The van der Waals surface area contributed by atoms with Crippen molar-refractivity contribution in [1.29, 1.82) is 0 Å². The van der Waals surface area contributed by atoms with Crippen LogP contribution < -0.4 is 5.32 Å². The Morgan fingerprint density at radius 3 is 2.68 bits per heavy atom. The van der Waals surface area contributed by atoms with Crippen LogP contribution in [0.25, 0.3) is 0 Å². The molecule has 2 amide bonds. The summed E-state index contributed by atoms with van der Waals surface area (Å²) < 4.78 is 6.48. The summed E-state index contributed by atoms with van der Waals surface area (Å²) in [4.78, 5) is 14.6. The first-order valence-electron chi connectivity index (χ1n) is 8.05. The van der Waals surface area contributed by atoms with Crippen molar-refractivity contribution in [3.63, 3.8) is 0 Å². The number of rotatable bonds is 3. The number of nitrogens with zero attached hydrogens (tertiary/aromatic N) is 1. The van der Waals surface area contributed by atoms with Crippen molar-refractivity contribution in [2.24, 2.45) is 5.92 Å². The number of hydrogen-bond acceptors (Lipinski definition) is 2. The zero-order chi connectivity index (χ0) is 15.5. The minimum absolute atomic E-state index is 0.0376. The quantitative estimate of drug-likeness (QED) is 0.885. The molecule has 0 unspecified atom stereocenters. The highest BCUT2D eigenvalue weighted by Crippen LogP contribution is 2.38. The number of ether oxygens (including phenoxy) is 1. The number of carbonyl (C=O) groups is 1. The summed E-state index contributed by atoms with van der Waals surface area (Å²) in [5, 5.41) is 3.27. The van der Waals surface area contributed by atoms with Crippen molar-refractivity contribution in [3.8, 4) is 0 Å². The molecule has 120 valence electrons. The molecule has 3 rings (SSSR count). The smallest absolute Gasteiger partial charge is 0.318 e. The molecule has 1 saturated carbocycles. The van der Waals surface area contributed by atoms with E-state index in [9.17, 15) is 4.79 Å². The lowest BCUT2D eigenvalue weighted by atomic mass is 9.77. The fourth-order valence-electron chi connectivity index (χ4n) is 3.16. The van der Waals surface area contributed by atoms with Crippen LogP contribution in [0.3, 0.4) is 0 Å². The Morgan fingerprint density at radius 1 is 1.36 bits per heavy atom. The molecule has 1 aliphatic heterocycles. The SMILES string of the molecule is C[C@H]1COCCN1C(=O)N[C@@H](c1ccc(Br)cc1)C1CCC1. The zero-order valence-electron chi connectivity index (χ0n) is 12.9. The first kappa shape index (κ1) is 15.8.